The fourth-order valence-electron chi connectivity index (χ4n) is 4.33. The normalized spacial score (nSPS) is 40.8. The second kappa shape index (κ2) is 4.09. The van der Waals surface area contributed by atoms with Crippen LogP contribution in [0.4, 0.5) is 0 Å². The van der Waals surface area contributed by atoms with Gasteiger partial charge in [-0.2, -0.15) is 0 Å². The number of rotatable bonds is 1. The number of carbonyl (C=O) groups excluding carboxylic acids is 2. The van der Waals surface area contributed by atoms with Crippen molar-refractivity contribution in [2.24, 2.45) is 11.3 Å². The van der Waals surface area contributed by atoms with E-state index in [9.17, 15) is 9.59 Å². The molecule has 3 rings (SSSR count). The Morgan fingerprint density at radius 2 is 2.11 bits per heavy atom. The Morgan fingerprint density at radius 3 is 2.79 bits per heavy atom. The molecular weight excluding hydrogens is 244 g/mol. The molecular formula is C15H20O4. The predicted molar refractivity (Wildman–Crippen MR) is 68.2 cm³/mol. The molecule has 1 heterocycles. The van der Waals surface area contributed by atoms with Crippen molar-refractivity contribution >= 4 is 11.9 Å². The summed E-state index contributed by atoms with van der Waals surface area (Å²) < 4.78 is 10.4. The Kier molecular flexibility index (Phi) is 2.73. The summed E-state index contributed by atoms with van der Waals surface area (Å²) >= 11 is 0. The fourth-order valence-corrected chi connectivity index (χ4v) is 4.33. The Hall–Kier alpha value is -1.32. The maximum absolute atomic E-state index is 12.1. The molecule has 3 aliphatic rings. The first kappa shape index (κ1) is 12.7. The van der Waals surface area contributed by atoms with Crippen LogP contribution in [0.25, 0.3) is 0 Å². The third kappa shape index (κ3) is 1.52. The van der Waals surface area contributed by atoms with Crippen LogP contribution in [0.1, 0.15) is 45.4 Å². The Bertz CT molecular complexity index is 467. The van der Waals surface area contributed by atoms with Gasteiger partial charge in [-0.1, -0.05) is 25.8 Å². The molecule has 0 saturated heterocycles. The first-order chi connectivity index (χ1) is 9.05. The van der Waals surface area contributed by atoms with E-state index in [2.05, 4.69) is 6.92 Å². The van der Waals surface area contributed by atoms with Crippen molar-refractivity contribution in [3.63, 3.8) is 0 Å². The summed E-state index contributed by atoms with van der Waals surface area (Å²) in [5, 5.41) is 0. The molecule has 0 aromatic rings. The minimum atomic E-state index is -0.573. The predicted octanol–water partition coefficient (Wildman–Crippen LogP) is 2.37. The van der Waals surface area contributed by atoms with Gasteiger partial charge in [0, 0.05) is 5.41 Å². The summed E-state index contributed by atoms with van der Waals surface area (Å²) in [5.41, 5.74) is -0.398. The summed E-state index contributed by atoms with van der Waals surface area (Å²) in [6, 6.07) is 0. The molecule has 0 aromatic carbocycles. The molecule has 0 N–H and O–H groups in total. The Morgan fingerprint density at radius 1 is 1.37 bits per heavy atom. The van der Waals surface area contributed by atoms with Gasteiger partial charge in [0.25, 0.3) is 0 Å². The van der Waals surface area contributed by atoms with E-state index in [0.717, 1.165) is 32.1 Å². The zero-order chi connectivity index (χ0) is 13.7. The highest BCUT2D eigenvalue weighted by atomic mass is 16.6. The highest BCUT2D eigenvalue weighted by Crippen LogP contribution is 2.65. The van der Waals surface area contributed by atoms with E-state index in [4.69, 9.17) is 9.47 Å². The number of ether oxygens (including phenoxy) is 2. The lowest BCUT2D eigenvalue weighted by Gasteiger charge is -2.62. The molecule has 1 aliphatic heterocycles. The average molecular weight is 264 g/mol. The number of hydrogen-bond donors (Lipinski definition) is 0. The van der Waals surface area contributed by atoms with Crippen LogP contribution >= 0.6 is 0 Å². The van der Waals surface area contributed by atoms with Crippen LogP contribution in [0.2, 0.25) is 0 Å². The summed E-state index contributed by atoms with van der Waals surface area (Å²) in [6.45, 7) is 2.19. The molecule has 3 atom stereocenters. The van der Waals surface area contributed by atoms with E-state index in [1.807, 2.05) is 6.08 Å². The summed E-state index contributed by atoms with van der Waals surface area (Å²) in [5.74, 6) is -0.619. The van der Waals surface area contributed by atoms with Gasteiger partial charge in [-0.05, 0) is 31.6 Å². The van der Waals surface area contributed by atoms with Crippen molar-refractivity contribution in [3.05, 3.63) is 11.6 Å². The minimum Gasteiger partial charge on any atom is -0.465 e. The van der Waals surface area contributed by atoms with Gasteiger partial charge in [0.2, 0.25) is 0 Å². The zero-order valence-corrected chi connectivity index (χ0v) is 11.5. The Balaban J connectivity index is 2.06. The lowest BCUT2D eigenvalue weighted by Crippen LogP contribution is -2.65. The summed E-state index contributed by atoms with van der Waals surface area (Å²) in [6.07, 6.45) is 8.14. The van der Waals surface area contributed by atoms with Crippen LogP contribution in [0, 0.1) is 11.3 Å². The third-order valence-corrected chi connectivity index (χ3v) is 5.35. The maximum Gasteiger partial charge on any atom is 0.345 e. The van der Waals surface area contributed by atoms with Crippen LogP contribution in [0.15, 0.2) is 11.6 Å². The first-order valence-electron chi connectivity index (χ1n) is 7.09. The van der Waals surface area contributed by atoms with Crippen molar-refractivity contribution in [1.82, 2.24) is 0 Å². The van der Waals surface area contributed by atoms with Crippen molar-refractivity contribution in [1.29, 1.82) is 0 Å². The molecule has 19 heavy (non-hydrogen) atoms. The first-order valence-corrected chi connectivity index (χ1v) is 7.09. The molecule has 0 bridgehead atoms. The van der Waals surface area contributed by atoms with Crippen LogP contribution in [0.5, 0.6) is 0 Å². The average Bonchev–Trinajstić information content (AvgIpc) is 2.53. The highest BCUT2D eigenvalue weighted by Gasteiger charge is 2.67. The van der Waals surface area contributed by atoms with Gasteiger partial charge in [0.05, 0.1) is 7.11 Å². The van der Waals surface area contributed by atoms with Crippen molar-refractivity contribution < 1.29 is 19.1 Å². The van der Waals surface area contributed by atoms with E-state index in [-0.39, 0.29) is 16.6 Å². The fraction of sp³-hybridized carbons (Fsp3) is 0.733. The van der Waals surface area contributed by atoms with E-state index >= 15 is 0 Å². The van der Waals surface area contributed by atoms with Crippen LogP contribution in [-0.2, 0) is 19.1 Å². The van der Waals surface area contributed by atoms with Gasteiger partial charge in [-0.3, -0.25) is 0 Å². The molecule has 4 heteroatoms. The van der Waals surface area contributed by atoms with Gasteiger partial charge in [0.15, 0.2) is 0 Å². The molecule has 2 saturated carbocycles. The van der Waals surface area contributed by atoms with Gasteiger partial charge < -0.3 is 9.47 Å². The van der Waals surface area contributed by atoms with Crippen LogP contribution < -0.4 is 0 Å². The van der Waals surface area contributed by atoms with E-state index < -0.39 is 11.9 Å². The SMILES string of the molecule is COC(=O)C1=CC23CCCCCC2(C[C@H]3C)OC1=O. The highest BCUT2D eigenvalue weighted by molar-refractivity contribution is 6.14. The minimum absolute atomic E-state index is 0.0894. The zero-order valence-electron chi connectivity index (χ0n) is 11.5. The maximum atomic E-state index is 12.1. The number of carbonyl (C=O) groups is 2. The number of methoxy groups -OCH3 is 1. The lowest BCUT2D eigenvalue weighted by atomic mass is 9.47. The third-order valence-electron chi connectivity index (χ3n) is 5.35. The van der Waals surface area contributed by atoms with Crippen molar-refractivity contribution in [2.75, 3.05) is 7.11 Å². The number of hydrogen-bond acceptors (Lipinski definition) is 4. The van der Waals surface area contributed by atoms with Gasteiger partial charge >= 0.3 is 11.9 Å². The van der Waals surface area contributed by atoms with Gasteiger partial charge in [-0.15, -0.1) is 0 Å². The molecule has 4 nitrogen and oxygen atoms in total. The van der Waals surface area contributed by atoms with Crippen molar-refractivity contribution in [3.8, 4) is 0 Å². The second-order valence-corrected chi connectivity index (χ2v) is 6.14. The van der Waals surface area contributed by atoms with E-state index in [0.29, 0.717) is 5.92 Å². The molecule has 2 aliphatic carbocycles. The second-order valence-electron chi connectivity index (χ2n) is 6.14. The molecule has 2 unspecified atom stereocenters. The largest absolute Gasteiger partial charge is 0.465 e. The molecule has 104 valence electrons. The summed E-state index contributed by atoms with van der Waals surface area (Å²) in [4.78, 5) is 23.8. The smallest absolute Gasteiger partial charge is 0.345 e. The topological polar surface area (TPSA) is 52.6 Å². The van der Waals surface area contributed by atoms with Gasteiger partial charge in [0.1, 0.15) is 11.2 Å². The van der Waals surface area contributed by atoms with Crippen LogP contribution in [-0.4, -0.2) is 24.6 Å². The molecule has 0 spiro atoms. The number of esters is 2. The monoisotopic (exact) mass is 264 g/mol. The Labute approximate surface area is 113 Å². The summed E-state index contributed by atoms with van der Waals surface area (Å²) in [7, 11) is 1.30. The lowest BCUT2D eigenvalue weighted by molar-refractivity contribution is -0.223. The molecule has 2 fully saturated rings. The standard InChI is InChI=1S/C15H20O4/c1-10-8-15-7-5-3-4-6-14(10,15)9-11(12(16)18-2)13(17)19-15/h9-10H,3-8H2,1-2H3/t10-,14?,15?/m1/s1. The van der Waals surface area contributed by atoms with Crippen molar-refractivity contribution in [2.45, 2.75) is 51.0 Å². The van der Waals surface area contributed by atoms with Gasteiger partial charge in [-0.25, -0.2) is 9.59 Å². The molecule has 0 aromatic heterocycles. The van der Waals surface area contributed by atoms with Crippen LogP contribution in [0.3, 0.4) is 0 Å². The quantitative estimate of drug-likeness (QED) is 0.539. The van der Waals surface area contributed by atoms with E-state index in [1.165, 1.54) is 13.5 Å². The van der Waals surface area contributed by atoms with E-state index in [1.54, 1.807) is 0 Å². The molecule has 0 amide bonds. The molecule has 0 radical (unpaired) electrons.